The summed E-state index contributed by atoms with van der Waals surface area (Å²) in [6.45, 7) is 2.80. The lowest BCUT2D eigenvalue weighted by Gasteiger charge is -2.32. The highest BCUT2D eigenvalue weighted by atomic mass is 35.5. The van der Waals surface area contributed by atoms with Crippen LogP contribution in [0.15, 0.2) is 36.4 Å². The van der Waals surface area contributed by atoms with E-state index >= 15 is 0 Å². The minimum Gasteiger partial charge on any atom is -0.490 e. The number of fused-ring (bicyclic) bond motifs is 1. The van der Waals surface area contributed by atoms with Crippen LogP contribution in [0.4, 0.5) is 5.69 Å². The highest BCUT2D eigenvalue weighted by Crippen LogP contribution is 2.28. The van der Waals surface area contributed by atoms with Crippen molar-refractivity contribution in [2.24, 2.45) is 0 Å². The van der Waals surface area contributed by atoms with Crippen LogP contribution in [0.5, 0.6) is 5.75 Å². The molecule has 2 aliphatic heterocycles. The summed E-state index contributed by atoms with van der Waals surface area (Å²) >= 11 is 12.0. The van der Waals surface area contributed by atoms with Gasteiger partial charge in [0.2, 0.25) is 10.0 Å². The fourth-order valence-electron chi connectivity index (χ4n) is 3.89. The molecule has 0 bridgehead atoms. The topological polar surface area (TPSA) is 105 Å². The molecule has 1 saturated heterocycles. The SMILES string of the molecule is O=C(NCCN1CCC(Oc2ccc(Cl)c(Cl)c2)CC1)c1ccc2c(c1)NS(=O)(=O)CC2=O. The minimum atomic E-state index is -3.71. The molecule has 4 rings (SSSR count). The minimum absolute atomic E-state index is 0.0927. The van der Waals surface area contributed by atoms with Crippen molar-refractivity contribution >= 4 is 50.6 Å². The van der Waals surface area contributed by atoms with Gasteiger partial charge in [-0.2, -0.15) is 0 Å². The van der Waals surface area contributed by atoms with E-state index in [9.17, 15) is 18.0 Å². The van der Waals surface area contributed by atoms with E-state index in [1.54, 1.807) is 18.2 Å². The third-order valence-electron chi connectivity index (χ3n) is 5.61. The molecule has 2 heterocycles. The van der Waals surface area contributed by atoms with Crippen LogP contribution in [-0.4, -0.2) is 63.0 Å². The van der Waals surface area contributed by atoms with Crippen molar-refractivity contribution in [3.05, 3.63) is 57.6 Å². The zero-order valence-corrected chi connectivity index (χ0v) is 20.0. The molecule has 2 aromatic carbocycles. The molecule has 0 unspecified atom stereocenters. The molecule has 2 aliphatic rings. The number of amides is 1. The fraction of sp³-hybridized carbons (Fsp3) is 0.364. The van der Waals surface area contributed by atoms with Crippen molar-refractivity contribution in [1.29, 1.82) is 0 Å². The number of hydrogen-bond donors (Lipinski definition) is 2. The lowest BCUT2D eigenvalue weighted by Crippen LogP contribution is -2.42. The number of rotatable bonds is 6. The van der Waals surface area contributed by atoms with E-state index in [-0.39, 0.29) is 23.3 Å². The van der Waals surface area contributed by atoms with Gasteiger partial charge in [-0.1, -0.05) is 23.2 Å². The van der Waals surface area contributed by atoms with Crippen LogP contribution in [0.25, 0.3) is 0 Å². The number of Topliss-reactive ketones (excluding diaryl/α,β-unsaturated/α-hetero) is 1. The van der Waals surface area contributed by atoms with E-state index in [0.717, 1.165) is 25.9 Å². The average molecular weight is 512 g/mol. The predicted octanol–water partition coefficient (Wildman–Crippen LogP) is 3.20. The van der Waals surface area contributed by atoms with Crippen molar-refractivity contribution < 1.29 is 22.7 Å². The summed E-state index contributed by atoms with van der Waals surface area (Å²) < 4.78 is 31.8. The number of benzene rings is 2. The maximum Gasteiger partial charge on any atom is 0.251 e. The molecular formula is C22H23Cl2N3O5S. The number of sulfonamides is 1. The lowest BCUT2D eigenvalue weighted by molar-refractivity contribution is 0.0905. The smallest absolute Gasteiger partial charge is 0.251 e. The van der Waals surface area contributed by atoms with Crippen molar-refractivity contribution in [3.63, 3.8) is 0 Å². The number of carbonyl (C=O) groups excluding carboxylic acids is 2. The van der Waals surface area contributed by atoms with Crippen molar-refractivity contribution in [3.8, 4) is 5.75 Å². The lowest BCUT2D eigenvalue weighted by atomic mass is 10.1. The van der Waals surface area contributed by atoms with Gasteiger partial charge in [0.1, 0.15) is 17.6 Å². The normalized spacial score (nSPS) is 18.3. The molecule has 176 valence electrons. The zero-order valence-electron chi connectivity index (χ0n) is 17.6. The first-order valence-corrected chi connectivity index (χ1v) is 12.9. The van der Waals surface area contributed by atoms with Crippen LogP contribution < -0.4 is 14.8 Å². The Labute approximate surface area is 202 Å². The van der Waals surface area contributed by atoms with Gasteiger partial charge in [-0.05, 0) is 43.2 Å². The Balaban J connectivity index is 1.23. The van der Waals surface area contributed by atoms with Crippen LogP contribution in [0.3, 0.4) is 0 Å². The molecule has 11 heteroatoms. The summed E-state index contributed by atoms with van der Waals surface area (Å²) in [6, 6.07) is 9.63. The van der Waals surface area contributed by atoms with Crippen LogP contribution in [0.2, 0.25) is 10.0 Å². The van der Waals surface area contributed by atoms with Gasteiger partial charge in [-0.15, -0.1) is 0 Å². The van der Waals surface area contributed by atoms with Gasteiger partial charge in [0.25, 0.3) is 5.91 Å². The predicted molar refractivity (Wildman–Crippen MR) is 127 cm³/mol. The van der Waals surface area contributed by atoms with E-state index in [2.05, 4.69) is 14.9 Å². The number of nitrogens with zero attached hydrogens (tertiary/aromatic N) is 1. The van der Waals surface area contributed by atoms with Crippen LogP contribution in [-0.2, 0) is 10.0 Å². The maximum absolute atomic E-state index is 12.5. The van der Waals surface area contributed by atoms with Crippen LogP contribution in [0, 0.1) is 0 Å². The third-order valence-corrected chi connectivity index (χ3v) is 7.52. The van der Waals surface area contributed by atoms with Gasteiger partial charge in [0, 0.05) is 43.4 Å². The summed E-state index contributed by atoms with van der Waals surface area (Å²) in [6.07, 6.45) is 1.80. The summed E-state index contributed by atoms with van der Waals surface area (Å²) in [5, 5.41) is 3.80. The number of nitrogens with one attached hydrogen (secondary N) is 2. The van der Waals surface area contributed by atoms with Crippen molar-refractivity contribution in [1.82, 2.24) is 10.2 Å². The van der Waals surface area contributed by atoms with Gasteiger partial charge >= 0.3 is 0 Å². The number of hydrogen-bond acceptors (Lipinski definition) is 6. The molecular weight excluding hydrogens is 489 g/mol. The third kappa shape index (κ3) is 5.97. The van der Waals surface area contributed by atoms with E-state index in [0.29, 0.717) is 34.4 Å². The van der Waals surface area contributed by atoms with Gasteiger partial charge in [0.05, 0.1) is 15.7 Å². The summed E-state index contributed by atoms with van der Waals surface area (Å²) in [5.74, 6) is -0.694. The van der Waals surface area contributed by atoms with Crippen molar-refractivity contribution in [2.75, 3.05) is 36.7 Å². The number of halogens is 2. The van der Waals surface area contributed by atoms with Crippen molar-refractivity contribution in [2.45, 2.75) is 18.9 Å². The molecule has 33 heavy (non-hydrogen) atoms. The first-order valence-electron chi connectivity index (χ1n) is 10.5. The Morgan fingerprint density at radius 3 is 2.61 bits per heavy atom. The first kappa shape index (κ1) is 23.8. The Morgan fingerprint density at radius 2 is 1.88 bits per heavy atom. The van der Waals surface area contributed by atoms with E-state index in [1.807, 2.05) is 0 Å². The van der Waals surface area contributed by atoms with E-state index in [4.69, 9.17) is 27.9 Å². The largest absolute Gasteiger partial charge is 0.490 e. The molecule has 2 aromatic rings. The van der Waals surface area contributed by atoms with Gasteiger partial charge in [0.15, 0.2) is 5.78 Å². The van der Waals surface area contributed by atoms with Gasteiger partial charge in [-0.25, -0.2) is 8.42 Å². The Morgan fingerprint density at radius 1 is 1.12 bits per heavy atom. The standard InChI is InChI=1S/C22H23Cl2N3O5S/c23-18-4-2-16(12-19(18)24)32-15-5-8-27(9-6-15)10-7-25-22(29)14-1-3-17-20(11-14)26-33(30,31)13-21(17)28/h1-4,11-12,15,26H,5-10,13H2,(H,25,29). The number of likely N-dealkylation sites (tertiary alicyclic amines) is 1. The first-order chi connectivity index (χ1) is 15.7. The molecule has 0 aliphatic carbocycles. The summed E-state index contributed by atoms with van der Waals surface area (Å²) in [5.41, 5.74) is 0.704. The van der Waals surface area contributed by atoms with Crippen LogP contribution >= 0.6 is 23.2 Å². The zero-order chi connectivity index (χ0) is 23.6. The number of ketones is 1. The summed E-state index contributed by atoms with van der Waals surface area (Å²) in [7, 11) is -3.71. The molecule has 1 fully saturated rings. The van der Waals surface area contributed by atoms with Gasteiger partial charge in [-0.3, -0.25) is 14.3 Å². The Bertz CT molecular complexity index is 1180. The quantitative estimate of drug-likeness (QED) is 0.616. The number of carbonyl (C=O) groups is 2. The highest BCUT2D eigenvalue weighted by molar-refractivity contribution is 7.93. The van der Waals surface area contributed by atoms with Crippen LogP contribution in [0.1, 0.15) is 33.6 Å². The second-order valence-corrected chi connectivity index (χ2v) is 10.6. The van der Waals surface area contributed by atoms with Gasteiger partial charge < -0.3 is 15.0 Å². The Hall–Kier alpha value is -2.33. The number of ether oxygens (including phenoxy) is 1. The van der Waals surface area contributed by atoms with E-state index in [1.165, 1.54) is 18.2 Å². The molecule has 0 atom stereocenters. The second kappa shape index (κ2) is 9.89. The Kier molecular flexibility index (Phi) is 7.13. The molecule has 8 nitrogen and oxygen atoms in total. The monoisotopic (exact) mass is 511 g/mol. The number of piperidine rings is 1. The molecule has 2 N–H and O–H groups in total. The second-order valence-electron chi connectivity index (χ2n) is 8.04. The molecule has 0 aromatic heterocycles. The molecule has 0 radical (unpaired) electrons. The fourth-order valence-corrected chi connectivity index (χ4v) is 5.25. The summed E-state index contributed by atoms with van der Waals surface area (Å²) in [4.78, 5) is 26.7. The molecule has 0 spiro atoms. The number of anilines is 1. The van der Waals surface area contributed by atoms with E-state index < -0.39 is 21.6 Å². The molecule has 1 amide bonds. The average Bonchev–Trinajstić information content (AvgIpc) is 2.76. The maximum atomic E-state index is 12.5. The highest BCUT2D eigenvalue weighted by Gasteiger charge is 2.28. The molecule has 0 saturated carbocycles.